The Morgan fingerprint density at radius 3 is 2.33 bits per heavy atom. The number of carbonyl (C=O) groups excluding carboxylic acids is 2. The van der Waals surface area contributed by atoms with Crippen molar-refractivity contribution in [3.05, 3.63) is 35.4 Å². The summed E-state index contributed by atoms with van der Waals surface area (Å²) in [5, 5.41) is 10.7. The van der Waals surface area contributed by atoms with E-state index in [2.05, 4.69) is 0 Å². The molecule has 0 spiro atoms. The number of hydroxylamine groups is 2. The van der Waals surface area contributed by atoms with Crippen LogP contribution in [0.1, 0.15) is 20.7 Å². The second-order valence-corrected chi connectivity index (χ2v) is 4.34. The Balaban J connectivity index is 1.80. The van der Waals surface area contributed by atoms with E-state index in [1.807, 2.05) is 0 Å². The summed E-state index contributed by atoms with van der Waals surface area (Å²) >= 11 is 0. The third-order valence-corrected chi connectivity index (χ3v) is 3.04. The van der Waals surface area contributed by atoms with Crippen molar-refractivity contribution in [1.82, 2.24) is 9.96 Å². The lowest BCUT2D eigenvalue weighted by atomic mass is 10.1. The van der Waals surface area contributed by atoms with Crippen LogP contribution in [0.25, 0.3) is 0 Å². The fourth-order valence-corrected chi connectivity index (χ4v) is 2.16. The van der Waals surface area contributed by atoms with Gasteiger partial charge in [-0.05, 0) is 12.1 Å². The highest BCUT2D eigenvalue weighted by Crippen LogP contribution is 2.23. The van der Waals surface area contributed by atoms with E-state index in [1.54, 1.807) is 24.3 Å². The molecule has 6 nitrogen and oxygen atoms in total. The number of aliphatic hydroxyl groups excluding tert-OH is 1. The zero-order valence-corrected chi connectivity index (χ0v) is 9.57. The Morgan fingerprint density at radius 1 is 1.22 bits per heavy atom. The molecule has 1 aromatic carbocycles. The topological polar surface area (TPSA) is 70.1 Å². The van der Waals surface area contributed by atoms with Crippen molar-refractivity contribution in [3.63, 3.8) is 0 Å². The first-order valence-corrected chi connectivity index (χ1v) is 5.68. The van der Waals surface area contributed by atoms with E-state index < -0.39 is 6.10 Å². The lowest BCUT2D eigenvalue weighted by molar-refractivity contribution is -0.127. The summed E-state index contributed by atoms with van der Waals surface area (Å²) < 4.78 is 0. The number of fused-ring (bicyclic) bond motifs is 1. The predicted octanol–water partition coefficient (Wildman–Crippen LogP) is -0.152. The van der Waals surface area contributed by atoms with E-state index in [0.29, 0.717) is 17.7 Å². The van der Waals surface area contributed by atoms with E-state index in [0.717, 1.165) is 4.90 Å². The molecule has 18 heavy (non-hydrogen) atoms. The third-order valence-electron chi connectivity index (χ3n) is 3.04. The fraction of sp³-hybridized carbons (Fsp3) is 0.333. The standard InChI is InChI=1S/C12H12N2O4/c15-8-5-13(18-6-8)7-14-11(16)9-3-1-2-4-10(9)12(14)17/h1-4,8,15H,5-7H2/t8-/m1/s1. The SMILES string of the molecule is O=C1c2ccccc2C(=O)N1CN1C[C@@H](O)CO1. The molecule has 0 bridgehead atoms. The van der Waals surface area contributed by atoms with E-state index in [1.165, 1.54) is 5.06 Å². The van der Waals surface area contributed by atoms with Gasteiger partial charge in [0.15, 0.2) is 0 Å². The Hall–Kier alpha value is -1.76. The number of amides is 2. The minimum Gasteiger partial charge on any atom is -0.389 e. The highest BCUT2D eigenvalue weighted by atomic mass is 16.7. The molecule has 1 fully saturated rings. The molecule has 2 aliphatic heterocycles. The molecule has 1 aromatic rings. The van der Waals surface area contributed by atoms with Crippen molar-refractivity contribution in [1.29, 1.82) is 0 Å². The van der Waals surface area contributed by atoms with Crippen molar-refractivity contribution in [2.24, 2.45) is 0 Å². The van der Waals surface area contributed by atoms with Crippen LogP contribution in [-0.4, -0.2) is 52.8 Å². The summed E-state index contributed by atoms with van der Waals surface area (Å²) in [5.74, 6) is -0.638. The molecular weight excluding hydrogens is 236 g/mol. The normalized spacial score (nSPS) is 23.8. The van der Waals surface area contributed by atoms with Crippen LogP contribution < -0.4 is 0 Å². The van der Waals surface area contributed by atoms with Crippen molar-refractivity contribution >= 4 is 11.8 Å². The molecule has 0 radical (unpaired) electrons. The maximum absolute atomic E-state index is 12.0. The van der Waals surface area contributed by atoms with Gasteiger partial charge in [-0.25, -0.2) is 0 Å². The van der Waals surface area contributed by atoms with Gasteiger partial charge in [0.1, 0.15) is 6.67 Å². The summed E-state index contributed by atoms with van der Waals surface area (Å²) in [5.41, 5.74) is 0.837. The van der Waals surface area contributed by atoms with Gasteiger partial charge in [0.05, 0.1) is 30.4 Å². The largest absolute Gasteiger partial charge is 0.389 e. The summed E-state index contributed by atoms with van der Waals surface area (Å²) in [6.45, 7) is 0.542. The van der Waals surface area contributed by atoms with Gasteiger partial charge >= 0.3 is 0 Å². The number of imide groups is 1. The van der Waals surface area contributed by atoms with Crippen LogP contribution >= 0.6 is 0 Å². The minimum absolute atomic E-state index is 0.0450. The Bertz CT molecular complexity index is 482. The average molecular weight is 248 g/mol. The van der Waals surface area contributed by atoms with E-state index in [4.69, 9.17) is 4.84 Å². The quantitative estimate of drug-likeness (QED) is 0.737. The number of hydrogen-bond donors (Lipinski definition) is 1. The van der Waals surface area contributed by atoms with Gasteiger partial charge in [-0.2, -0.15) is 5.06 Å². The maximum Gasteiger partial charge on any atom is 0.262 e. The van der Waals surface area contributed by atoms with Gasteiger partial charge in [-0.1, -0.05) is 12.1 Å². The molecule has 1 atom stereocenters. The Labute approximate surface area is 103 Å². The first-order chi connectivity index (χ1) is 8.66. The van der Waals surface area contributed by atoms with Crippen molar-refractivity contribution < 1.29 is 19.5 Å². The van der Waals surface area contributed by atoms with Gasteiger partial charge in [-0.15, -0.1) is 0 Å². The first kappa shape index (κ1) is 11.3. The number of nitrogens with zero attached hydrogens (tertiary/aromatic N) is 2. The van der Waals surface area contributed by atoms with Crippen LogP contribution in [0.15, 0.2) is 24.3 Å². The molecule has 1 N–H and O–H groups in total. The highest BCUT2D eigenvalue weighted by molar-refractivity contribution is 6.21. The third kappa shape index (κ3) is 1.71. The molecule has 1 saturated heterocycles. The molecule has 0 aliphatic carbocycles. The minimum atomic E-state index is -0.569. The van der Waals surface area contributed by atoms with Crippen LogP contribution in [0.4, 0.5) is 0 Å². The monoisotopic (exact) mass is 248 g/mol. The number of aliphatic hydroxyl groups is 1. The summed E-state index contributed by atoms with van der Waals surface area (Å²) in [6, 6.07) is 6.72. The van der Waals surface area contributed by atoms with Crippen LogP contribution in [-0.2, 0) is 4.84 Å². The zero-order chi connectivity index (χ0) is 12.7. The van der Waals surface area contributed by atoms with Gasteiger partial charge in [0.2, 0.25) is 0 Å². The lowest BCUT2D eigenvalue weighted by Gasteiger charge is -2.20. The number of carbonyl (C=O) groups is 2. The first-order valence-electron chi connectivity index (χ1n) is 5.68. The van der Waals surface area contributed by atoms with E-state index >= 15 is 0 Å². The molecule has 2 amide bonds. The average Bonchev–Trinajstić information content (AvgIpc) is 2.88. The molecule has 2 heterocycles. The zero-order valence-electron chi connectivity index (χ0n) is 9.57. The molecule has 94 valence electrons. The molecule has 0 aromatic heterocycles. The number of benzene rings is 1. The Kier molecular flexibility index (Phi) is 2.62. The van der Waals surface area contributed by atoms with Gasteiger partial charge in [0, 0.05) is 0 Å². The molecule has 0 saturated carbocycles. The predicted molar refractivity (Wildman–Crippen MR) is 60.5 cm³/mol. The van der Waals surface area contributed by atoms with Gasteiger partial charge in [0.25, 0.3) is 11.8 Å². The highest BCUT2D eigenvalue weighted by Gasteiger charge is 2.37. The summed E-state index contributed by atoms with van der Waals surface area (Å²) in [4.78, 5) is 30.4. The van der Waals surface area contributed by atoms with Crippen LogP contribution in [0.3, 0.4) is 0 Å². The van der Waals surface area contributed by atoms with Crippen molar-refractivity contribution in [3.8, 4) is 0 Å². The van der Waals surface area contributed by atoms with E-state index in [-0.39, 0.29) is 25.1 Å². The van der Waals surface area contributed by atoms with Crippen molar-refractivity contribution in [2.45, 2.75) is 6.10 Å². The second-order valence-electron chi connectivity index (χ2n) is 4.34. The molecule has 2 aliphatic rings. The number of β-amino-alcohol motifs (C(OH)–C–C–N with tert-alkyl or cyclic N) is 1. The lowest BCUT2D eigenvalue weighted by Crippen LogP contribution is -2.40. The summed E-state index contributed by atoms with van der Waals surface area (Å²) in [7, 11) is 0. The number of rotatable bonds is 2. The Morgan fingerprint density at radius 2 is 1.83 bits per heavy atom. The van der Waals surface area contributed by atoms with Crippen LogP contribution in [0.2, 0.25) is 0 Å². The maximum atomic E-state index is 12.0. The molecule has 0 unspecified atom stereocenters. The molecular formula is C12H12N2O4. The second kappa shape index (κ2) is 4.16. The van der Waals surface area contributed by atoms with Gasteiger partial charge in [-0.3, -0.25) is 19.3 Å². The number of hydrogen-bond acceptors (Lipinski definition) is 5. The van der Waals surface area contributed by atoms with E-state index in [9.17, 15) is 14.7 Å². The van der Waals surface area contributed by atoms with Crippen LogP contribution in [0.5, 0.6) is 0 Å². The van der Waals surface area contributed by atoms with Crippen molar-refractivity contribution in [2.75, 3.05) is 19.8 Å². The smallest absolute Gasteiger partial charge is 0.262 e. The fourth-order valence-electron chi connectivity index (χ4n) is 2.16. The summed E-state index contributed by atoms with van der Waals surface area (Å²) in [6.07, 6.45) is -0.569. The van der Waals surface area contributed by atoms with Gasteiger partial charge < -0.3 is 5.11 Å². The van der Waals surface area contributed by atoms with Crippen LogP contribution in [0, 0.1) is 0 Å². The molecule has 3 rings (SSSR count). The molecule has 6 heteroatoms.